The van der Waals surface area contributed by atoms with E-state index in [0.29, 0.717) is 0 Å². The Morgan fingerprint density at radius 1 is 1.29 bits per heavy atom. The topological polar surface area (TPSA) is 44.9 Å². The van der Waals surface area contributed by atoms with Gasteiger partial charge >= 0.3 is 0 Å². The summed E-state index contributed by atoms with van der Waals surface area (Å²) in [7, 11) is 0. The lowest BCUT2D eigenvalue weighted by molar-refractivity contribution is 0.0954. The molecule has 0 aliphatic rings. The molecule has 0 aliphatic heterocycles. The van der Waals surface area contributed by atoms with Crippen molar-refractivity contribution in [3.63, 3.8) is 0 Å². The minimum Gasteiger partial charge on any atom is -0.361 e. The maximum absolute atomic E-state index is 12.0. The van der Waals surface area contributed by atoms with Crippen molar-refractivity contribution in [2.45, 2.75) is 26.2 Å². The van der Waals surface area contributed by atoms with Gasteiger partial charge in [0, 0.05) is 29.2 Å². The number of aromatic nitrogens is 1. The number of amides is 1. The highest BCUT2D eigenvalue weighted by atomic mass is 16.1. The molecule has 3 heteroatoms. The molecule has 0 saturated heterocycles. The lowest BCUT2D eigenvalue weighted by Gasteiger charge is -2.05. The predicted molar refractivity (Wildman–Crippen MR) is 70.2 cm³/mol. The van der Waals surface area contributed by atoms with E-state index in [1.54, 1.807) is 0 Å². The van der Waals surface area contributed by atoms with Crippen LogP contribution in [-0.4, -0.2) is 17.4 Å². The summed E-state index contributed by atoms with van der Waals surface area (Å²) in [6.07, 6.45) is 5.24. The maximum atomic E-state index is 12.0. The molecule has 0 spiro atoms. The van der Waals surface area contributed by atoms with Gasteiger partial charge in [-0.1, -0.05) is 25.8 Å². The van der Waals surface area contributed by atoms with Gasteiger partial charge < -0.3 is 10.3 Å². The van der Waals surface area contributed by atoms with Crippen LogP contribution >= 0.6 is 0 Å². The van der Waals surface area contributed by atoms with Gasteiger partial charge in [-0.2, -0.15) is 0 Å². The first-order chi connectivity index (χ1) is 8.33. The van der Waals surface area contributed by atoms with E-state index in [1.807, 2.05) is 30.5 Å². The van der Waals surface area contributed by atoms with E-state index in [0.717, 1.165) is 35.9 Å². The molecule has 0 bridgehead atoms. The van der Waals surface area contributed by atoms with E-state index in [1.165, 1.54) is 6.42 Å². The minimum atomic E-state index is 0.0197. The average molecular weight is 230 g/mol. The third kappa shape index (κ3) is 2.67. The normalized spacial score (nSPS) is 10.6. The molecular weight excluding hydrogens is 212 g/mol. The molecule has 17 heavy (non-hydrogen) atoms. The van der Waals surface area contributed by atoms with Gasteiger partial charge in [0.05, 0.1) is 0 Å². The number of fused-ring (bicyclic) bond motifs is 1. The molecule has 2 N–H and O–H groups in total. The van der Waals surface area contributed by atoms with Gasteiger partial charge in [-0.05, 0) is 24.6 Å². The lowest BCUT2D eigenvalue weighted by atomic mass is 10.1. The zero-order valence-electron chi connectivity index (χ0n) is 10.1. The smallest absolute Gasteiger partial charge is 0.251 e. The quantitative estimate of drug-likeness (QED) is 0.762. The van der Waals surface area contributed by atoms with Crippen molar-refractivity contribution in [3.8, 4) is 0 Å². The molecule has 3 nitrogen and oxygen atoms in total. The molecule has 0 atom stereocenters. The van der Waals surface area contributed by atoms with E-state index < -0.39 is 0 Å². The number of benzene rings is 1. The van der Waals surface area contributed by atoms with Crippen molar-refractivity contribution in [2.24, 2.45) is 0 Å². The van der Waals surface area contributed by atoms with Gasteiger partial charge in [-0.15, -0.1) is 0 Å². The number of H-pyrrole nitrogens is 1. The highest BCUT2D eigenvalue weighted by Gasteiger charge is 2.09. The molecule has 90 valence electrons. The molecule has 1 heterocycles. The highest BCUT2D eigenvalue weighted by Crippen LogP contribution is 2.17. The Bertz CT molecular complexity index is 502. The number of aromatic amines is 1. The van der Waals surface area contributed by atoms with Gasteiger partial charge in [-0.3, -0.25) is 4.79 Å². The molecule has 2 rings (SSSR count). The fraction of sp³-hybridized carbons (Fsp3) is 0.357. The first-order valence-electron chi connectivity index (χ1n) is 6.17. The van der Waals surface area contributed by atoms with E-state index in [2.05, 4.69) is 17.2 Å². The van der Waals surface area contributed by atoms with Crippen molar-refractivity contribution >= 4 is 16.8 Å². The number of hydrogen-bond acceptors (Lipinski definition) is 1. The molecule has 0 aliphatic carbocycles. The SMILES string of the molecule is CCCCCNC(=O)c1cccc2[nH]ccc12. The summed E-state index contributed by atoms with van der Waals surface area (Å²) in [5, 5.41) is 3.95. The molecule has 2 aromatic rings. The van der Waals surface area contributed by atoms with E-state index in [4.69, 9.17) is 0 Å². The summed E-state index contributed by atoms with van der Waals surface area (Å²) in [5.41, 5.74) is 1.76. The monoisotopic (exact) mass is 230 g/mol. The molecule has 1 amide bonds. The van der Waals surface area contributed by atoms with Crippen molar-refractivity contribution in [3.05, 3.63) is 36.0 Å². The lowest BCUT2D eigenvalue weighted by Crippen LogP contribution is -2.24. The highest BCUT2D eigenvalue weighted by molar-refractivity contribution is 6.06. The fourth-order valence-electron chi connectivity index (χ4n) is 1.96. The first-order valence-corrected chi connectivity index (χ1v) is 6.17. The second-order valence-corrected chi connectivity index (χ2v) is 4.21. The Balaban J connectivity index is 2.06. The van der Waals surface area contributed by atoms with Crippen molar-refractivity contribution in [1.29, 1.82) is 0 Å². The zero-order valence-corrected chi connectivity index (χ0v) is 10.1. The second-order valence-electron chi connectivity index (χ2n) is 4.21. The molecule has 0 radical (unpaired) electrons. The van der Waals surface area contributed by atoms with Gasteiger partial charge in [0.2, 0.25) is 0 Å². The van der Waals surface area contributed by atoms with Crippen LogP contribution in [0.5, 0.6) is 0 Å². The Kier molecular flexibility index (Phi) is 3.81. The molecule has 0 fully saturated rings. The van der Waals surface area contributed by atoms with Gasteiger partial charge in [0.15, 0.2) is 0 Å². The van der Waals surface area contributed by atoms with Crippen LogP contribution < -0.4 is 5.32 Å². The fourth-order valence-corrected chi connectivity index (χ4v) is 1.96. The second kappa shape index (κ2) is 5.53. The molecule has 1 aromatic carbocycles. The zero-order chi connectivity index (χ0) is 12.1. The summed E-state index contributed by atoms with van der Waals surface area (Å²) >= 11 is 0. The van der Waals surface area contributed by atoms with Crippen LogP contribution in [0.25, 0.3) is 10.9 Å². The van der Waals surface area contributed by atoms with Crippen molar-refractivity contribution in [1.82, 2.24) is 10.3 Å². The largest absolute Gasteiger partial charge is 0.361 e. The van der Waals surface area contributed by atoms with E-state index >= 15 is 0 Å². The number of nitrogens with one attached hydrogen (secondary N) is 2. The maximum Gasteiger partial charge on any atom is 0.251 e. The first kappa shape index (κ1) is 11.7. The summed E-state index contributed by atoms with van der Waals surface area (Å²) in [4.78, 5) is 15.1. The standard InChI is InChI=1S/C14H18N2O/c1-2-3-4-9-16-14(17)12-6-5-7-13-11(12)8-10-15-13/h5-8,10,15H,2-4,9H2,1H3,(H,16,17). The van der Waals surface area contributed by atoms with E-state index in [-0.39, 0.29) is 5.91 Å². The molecule has 0 saturated carbocycles. The Morgan fingerprint density at radius 3 is 3.00 bits per heavy atom. The van der Waals surface area contributed by atoms with Crippen LogP contribution in [0.3, 0.4) is 0 Å². The number of rotatable bonds is 5. The number of unbranched alkanes of at least 4 members (excludes halogenated alkanes) is 2. The van der Waals surface area contributed by atoms with E-state index in [9.17, 15) is 4.79 Å². The molecule has 1 aromatic heterocycles. The summed E-state index contributed by atoms with van der Waals surface area (Å²) in [6, 6.07) is 7.69. The van der Waals surface area contributed by atoms with Crippen LogP contribution in [-0.2, 0) is 0 Å². The summed E-state index contributed by atoms with van der Waals surface area (Å²) in [5.74, 6) is 0.0197. The third-order valence-corrected chi connectivity index (χ3v) is 2.91. The molecular formula is C14H18N2O. The van der Waals surface area contributed by atoms with Crippen LogP contribution in [0.1, 0.15) is 36.5 Å². The summed E-state index contributed by atoms with van der Waals surface area (Å²) < 4.78 is 0. The van der Waals surface area contributed by atoms with Crippen LogP contribution in [0, 0.1) is 0 Å². The van der Waals surface area contributed by atoms with Crippen LogP contribution in [0.4, 0.5) is 0 Å². The Morgan fingerprint density at radius 2 is 2.18 bits per heavy atom. The van der Waals surface area contributed by atoms with Crippen molar-refractivity contribution < 1.29 is 4.79 Å². The number of carbonyl (C=O) groups is 1. The minimum absolute atomic E-state index is 0.0197. The summed E-state index contributed by atoms with van der Waals surface area (Å²) in [6.45, 7) is 2.91. The van der Waals surface area contributed by atoms with Crippen LogP contribution in [0.2, 0.25) is 0 Å². The van der Waals surface area contributed by atoms with Gasteiger partial charge in [0.25, 0.3) is 5.91 Å². The third-order valence-electron chi connectivity index (χ3n) is 2.91. The predicted octanol–water partition coefficient (Wildman–Crippen LogP) is 3.09. The van der Waals surface area contributed by atoms with Gasteiger partial charge in [-0.25, -0.2) is 0 Å². The van der Waals surface area contributed by atoms with Gasteiger partial charge in [0.1, 0.15) is 0 Å². The number of carbonyl (C=O) groups excluding carboxylic acids is 1. The number of hydrogen-bond donors (Lipinski definition) is 2. The van der Waals surface area contributed by atoms with Crippen LogP contribution in [0.15, 0.2) is 30.5 Å². The Hall–Kier alpha value is -1.77. The molecule has 0 unspecified atom stereocenters. The average Bonchev–Trinajstić information content (AvgIpc) is 2.82. The van der Waals surface area contributed by atoms with Crippen molar-refractivity contribution in [2.75, 3.05) is 6.54 Å². The Labute approximate surface area is 101 Å².